The van der Waals surface area contributed by atoms with Gasteiger partial charge in [0.2, 0.25) is 0 Å². The van der Waals surface area contributed by atoms with Gasteiger partial charge in [0, 0.05) is 10.0 Å². The van der Waals surface area contributed by atoms with Gasteiger partial charge in [0.05, 0.1) is 13.2 Å². The van der Waals surface area contributed by atoms with Crippen molar-refractivity contribution in [2.75, 3.05) is 7.11 Å². The zero-order valence-electron chi connectivity index (χ0n) is 12.3. The smallest absolute Gasteiger partial charge is 0.124 e. The molecule has 2 N–H and O–H groups in total. The summed E-state index contributed by atoms with van der Waals surface area (Å²) in [5.41, 5.74) is 12.1. The molecule has 0 aliphatic rings. The Kier molecular flexibility index (Phi) is 4.51. The fourth-order valence-electron chi connectivity index (χ4n) is 2.62. The minimum Gasteiger partial charge on any atom is -0.496 e. The number of rotatable bonds is 3. The van der Waals surface area contributed by atoms with Crippen LogP contribution in [0.1, 0.15) is 33.9 Å². The molecule has 0 fully saturated rings. The molecule has 0 spiro atoms. The lowest BCUT2D eigenvalue weighted by atomic mass is 9.93. The standard InChI is InChI=1S/C17H20BrNO/c1-10-5-12(3)16(15(8-10)20-4)17(19)13-6-11(2)7-14(18)9-13/h5-9,17H,19H2,1-4H3. The summed E-state index contributed by atoms with van der Waals surface area (Å²) in [6.07, 6.45) is 0. The van der Waals surface area contributed by atoms with Crippen molar-refractivity contribution in [1.82, 2.24) is 0 Å². The van der Waals surface area contributed by atoms with E-state index in [1.165, 1.54) is 11.1 Å². The van der Waals surface area contributed by atoms with Crippen LogP contribution in [0.4, 0.5) is 0 Å². The summed E-state index contributed by atoms with van der Waals surface area (Å²) in [6.45, 7) is 6.21. The number of methoxy groups -OCH3 is 1. The van der Waals surface area contributed by atoms with Gasteiger partial charge in [-0.25, -0.2) is 0 Å². The third-order valence-corrected chi connectivity index (χ3v) is 3.91. The molecule has 0 aliphatic heterocycles. The maximum Gasteiger partial charge on any atom is 0.124 e. The molecule has 0 bridgehead atoms. The van der Waals surface area contributed by atoms with E-state index < -0.39 is 0 Å². The quantitative estimate of drug-likeness (QED) is 0.901. The molecule has 3 heteroatoms. The largest absolute Gasteiger partial charge is 0.496 e. The number of hydrogen-bond donors (Lipinski definition) is 1. The van der Waals surface area contributed by atoms with Crippen molar-refractivity contribution in [1.29, 1.82) is 0 Å². The molecule has 2 rings (SSSR count). The minimum atomic E-state index is -0.193. The Morgan fingerprint density at radius 1 is 1.00 bits per heavy atom. The third kappa shape index (κ3) is 3.05. The number of benzene rings is 2. The normalized spacial score (nSPS) is 12.3. The maximum atomic E-state index is 6.48. The van der Waals surface area contributed by atoms with Crippen molar-refractivity contribution < 1.29 is 4.74 Å². The lowest BCUT2D eigenvalue weighted by molar-refractivity contribution is 0.407. The highest BCUT2D eigenvalue weighted by Crippen LogP contribution is 2.33. The third-order valence-electron chi connectivity index (χ3n) is 3.45. The fourth-order valence-corrected chi connectivity index (χ4v) is 3.24. The summed E-state index contributed by atoms with van der Waals surface area (Å²) in [6, 6.07) is 10.2. The molecule has 2 nitrogen and oxygen atoms in total. The second-order valence-corrected chi connectivity index (χ2v) is 6.15. The first kappa shape index (κ1) is 15.1. The Morgan fingerprint density at radius 3 is 2.25 bits per heavy atom. The number of aryl methyl sites for hydroxylation is 3. The van der Waals surface area contributed by atoms with Crippen molar-refractivity contribution in [2.45, 2.75) is 26.8 Å². The van der Waals surface area contributed by atoms with Crippen LogP contribution in [-0.4, -0.2) is 7.11 Å². The first-order chi connectivity index (χ1) is 9.42. The van der Waals surface area contributed by atoms with Gasteiger partial charge in [-0.05, 0) is 61.2 Å². The van der Waals surface area contributed by atoms with Gasteiger partial charge in [0.1, 0.15) is 5.75 Å². The average molecular weight is 334 g/mol. The van der Waals surface area contributed by atoms with Crippen LogP contribution in [0.25, 0.3) is 0 Å². The molecule has 2 aromatic carbocycles. The zero-order valence-corrected chi connectivity index (χ0v) is 13.9. The molecule has 0 radical (unpaired) electrons. The van der Waals surface area contributed by atoms with Crippen LogP contribution in [0, 0.1) is 20.8 Å². The molecular weight excluding hydrogens is 314 g/mol. The van der Waals surface area contributed by atoms with Crippen LogP contribution in [0.3, 0.4) is 0 Å². The summed E-state index contributed by atoms with van der Waals surface area (Å²) in [5.74, 6) is 0.854. The van der Waals surface area contributed by atoms with Gasteiger partial charge in [-0.3, -0.25) is 0 Å². The fraction of sp³-hybridized carbons (Fsp3) is 0.294. The van der Waals surface area contributed by atoms with Gasteiger partial charge in [0.25, 0.3) is 0 Å². The molecule has 0 aliphatic carbocycles. The van der Waals surface area contributed by atoms with Gasteiger partial charge in [0.15, 0.2) is 0 Å². The van der Waals surface area contributed by atoms with Crippen LogP contribution < -0.4 is 10.5 Å². The molecule has 0 aromatic heterocycles. The van der Waals surface area contributed by atoms with Gasteiger partial charge < -0.3 is 10.5 Å². The summed E-state index contributed by atoms with van der Waals surface area (Å²) in [5, 5.41) is 0. The predicted octanol–water partition coefficient (Wildman–Crippen LogP) is 4.43. The average Bonchev–Trinajstić information content (AvgIpc) is 2.35. The Bertz CT molecular complexity index is 617. The molecule has 0 heterocycles. The highest BCUT2D eigenvalue weighted by molar-refractivity contribution is 9.10. The second-order valence-electron chi connectivity index (χ2n) is 5.24. The first-order valence-electron chi connectivity index (χ1n) is 6.60. The van der Waals surface area contributed by atoms with Crippen LogP contribution in [0.15, 0.2) is 34.8 Å². The number of ether oxygens (including phenoxy) is 1. The Hall–Kier alpha value is -1.32. The van der Waals surface area contributed by atoms with E-state index in [-0.39, 0.29) is 6.04 Å². The molecule has 1 atom stereocenters. The van der Waals surface area contributed by atoms with Gasteiger partial charge >= 0.3 is 0 Å². The maximum absolute atomic E-state index is 6.48. The Labute approximate surface area is 129 Å². The molecule has 0 saturated carbocycles. The topological polar surface area (TPSA) is 35.2 Å². The summed E-state index contributed by atoms with van der Waals surface area (Å²) >= 11 is 3.53. The van der Waals surface area contributed by atoms with E-state index in [0.29, 0.717) is 0 Å². The lowest BCUT2D eigenvalue weighted by Crippen LogP contribution is -2.15. The van der Waals surface area contributed by atoms with Gasteiger partial charge in [-0.2, -0.15) is 0 Å². The van der Waals surface area contributed by atoms with Crippen LogP contribution in [-0.2, 0) is 0 Å². The molecule has 1 unspecified atom stereocenters. The van der Waals surface area contributed by atoms with Crippen LogP contribution >= 0.6 is 15.9 Å². The van der Waals surface area contributed by atoms with Crippen molar-refractivity contribution in [2.24, 2.45) is 5.73 Å². The monoisotopic (exact) mass is 333 g/mol. The SMILES string of the molecule is COc1cc(C)cc(C)c1C(N)c1cc(C)cc(Br)c1. The zero-order chi connectivity index (χ0) is 14.9. The van der Waals surface area contributed by atoms with Crippen molar-refractivity contribution in [3.8, 4) is 5.75 Å². The predicted molar refractivity (Wildman–Crippen MR) is 87.4 cm³/mol. The van der Waals surface area contributed by atoms with E-state index in [9.17, 15) is 0 Å². The Morgan fingerprint density at radius 2 is 1.65 bits per heavy atom. The Balaban J connectivity index is 2.55. The van der Waals surface area contributed by atoms with E-state index >= 15 is 0 Å². The van der Waals surface area contributed by atoms with Crippen LogP contribution in [0.2, 0.25) is 0 Å². The first-order valence-corrected chi connectivity index (χ1v) is 7.39. The molecule has 2 aromatic rings. The minimum absolute atomic E-state index is 0.193. The van der Waals surface area contributed by atoms with E-state index in [0.717, 1.165) is 26.9 Å². The van der Waals surface area contributed by atoms with E-state index in [1.807, 2.05) is 6.07 Å². The number of nitrogens with two attached hydrogens (primary N) is 1. The van der Waals surface area contributed by atoms with Gasteiger partial charge in [-0.15, -0.1) is 0 Å². The number of halogens is 1. The van der Waals surface area contributed by atoms with E-state index in [4.69, 9.17) is 10.5 Å². The number of hydrogen-bond acceptors (Lipinski definition) is 2. The lowest BCUT2D eigenvalue weighted by Gasteiger charge is -2.20. The van der Waals surface area contributed by atoms with Gasteiger partial charge in [-0.1, -0.05) is 28.1 Å². The summed E-state index contributed by atoms with van der Waals surface area (Å²) in [7, 11) is 1.69. The van der Waals surface area contributed by atoms with E-state index in [1.54, 1.807) is 7.11 Å². The van der Waals surface area contributed by atoms with Crippen molar-refractivity contribution in [3.63, 3.8) is 0 Å². The van der Waals surface area contributed by atoms with Crippen molar-refractivity contribution >= 4 is 15.9 Å². The van der Waals surface area contributed by atoms with E-state index in [2.05, 4.69) is 61.0 Å². The molecule has 20 heavy (non-hydrogen) atoms. The molecule has 0 saturated heterocycles. The molecular formula is C17H20BrNO. The van der Waals surface area contributed by atoms with Crippen LogP contribution in [0.5, 0.6) is 5.75 Å². The molecule has 106 valence electrons. The second kappa shape index (κ2) is 5.98. The summed E-state index contributed by atoms with van der Waals surface area (Å²) in [4.78, 5) is 0. The highest BCUT2D eigenvalue weighted by atomic mass is 79.9. The highest BCUT2D eigenvalue weighted by Gasteiger charge is 2.17. The molecule has 0 amide bonds. The van der Waals surface area contributed by atoms with Crippen molar-refractivity contribution in [3.05, 3.63) is 62.6 Å². The summed E-state index contributed by atoms with van der Waals surface area (Å²) < 4.78 is 6.57.